The van der Waals surface area contributed by atoms with Crippen LogP contribution in [0, 0.1) is 5.92 Å². The molecule has 1 aliphatic rings. The van der Waals surface area contributed by atoms with E-state index in [1.54, 1.807) is 0 Å². The van der Waals surface area contributed by atoms with Gasteiger partial charge in [0.15, 0.2) is 0 Å². The van der Waals surface area contributed by atoms with Gasteiger partial charge in [-0.3, -0.25) is 0 Å². The van der Waals surface area contributed by atoms with Crippen molar-refractivity contribution in [1.82, 2.24) is 5.32 Å². The highest BCUT2D eigenvalue weighted by Gasteiger charge is 2.19. The van der Waals surface area contributed by atoms with Crippen LogP contribution in [0.5, 0.6) is 0 Å². The van der Waals surface area contributed by atoms with Crippen LogP contribution in [0.2, 0.25) is 0 Å². The molecular weight excluding hydrogens is 238 g/mol. The lowest BCUT2D eigenvalue weighted by Crippen LogP contribution is -2.21. The summed E-state index contributed by atoms with van der Waals surface area (Å²) in [6, 6.07) is 9.59. The molecule has 0 radical (unpaired) electrons. The van der Waals surface area contributed by atoms with Crippen molar-refractivity contribution >= 4 is 11.8 Å². The minimum Gasteiger partial charge on any atom is -0.313 e. The highest BCUT2D eigenvalue weighted by Crippen LogP contribution is 2.32. The molecule has 0 saturated heterocycles. The lowest BCUT2D eigenvalue weighted by molar-refractivity contribution is 0.306. The first kappa shape index (κ1) is 14.0. The summed E-state index contributed by atoms with van der Waals surface area (Å²) in [5.74, 6) is 0.927. The van der Waals surface area contributed by atoms with Crippen LogP contribution in [0.4, 0.5) is 0 Å². The normalized spacial score (nSPS) is 18.8. The molecule has 0 amide bonds. The van der Waals surface area contributed by atoms with Gasteiger partial charge in [-0.25, -0.2) is 0 Å². The van der Waals surface area contributed by atoms with E-state index in [0.717, 1.165) is 5.92 Å². The summed E-state index contributed by atoms with van der Waals surface area (Å²) in [7, 11) is 2.09. The first-order valence-corrected chi connectivity index (χ1v) is 8.37. The second kappa shape index (κ2) is 7.20. The fourth-order valence-corrected chi connectivity index (χ4v) is 3.42. The highest BCUT2D eigenvalue weighted by atomic mass is 32.2. The summed E-state index contributed by atoms with van der Waals surface area (Å²) in [5, 5.41) is 3.50. The lowest BCUT2D eigenvalue weighted by Gasteiger charge is -2.26. The molecule has 0 aliphatic heterocycles. The molecule has 100 valence electrons. The summed E-state index contributed by atoms with van der Waals surface area (Å²) < 4.78 is 0. The SMILES string of the molecule is CNC(CC1CCCCC1)c1ccc(SC)cc1. The van der Waals surface area contributed by atoms with E-state index >= 15 is 0 Å². The monoisotopic (exact) mass is 263 g/mol. The van der Waals surface area contributed by atoms with Gasteiger partial charge in [-0.2, -0.15) is 0 Å². The van der Waals surface area contributed by atoms with E-state index in [-0.39, 0.29) is 0 Å². The maximum Gasteiger partial charge on any atom is 0.0320 e. The Labute approximate surface area is 116 Å². The third-order valence-electron chi connectivity index (χ3n) is 4.16. The third-order valence-corrected chi connectivity index (χ3v) is 4.90. The van der Waals surface area contributed by atoms with Crippen LogP contribution in [0.25, 0.3) is 0 Å². The van der Waals surface area contributed by atoms with Gasteiger partial charge in [-0.05, 0) is 43.3 Å². The Bertz CT molecular complexity index is 341. The van der Waals surface area contributed by atoms with Crippen LogP contribution < -0.4 is 5.32 Å². The molecule has 1 aromatic carbocycles. The first-order chi connectivity index (χ1) is 8.83. The first-order valence-electron chi connectivity index (χ1n) is 7.14. The zero-order valence-corrected chi connectivity index (χ0v) is 12.4. The molecule has 0 heterocycles. The smallest absolute Gasteiger partial charge is 0.0320 e. The molecular formula is C16H25NS. The second-order valence-corrected chi connectivity index (χ2v) is 6.23. The fourth-order valence-electron chi connectivity index (χ4n) is 3.01. The molecule has 1 N–H and O–H groups in total. The molecule has 0 spiro atoms. The van der Waals surface area contributed by atoms with Crippen LogP contribution in [0.3, 0.4) is 0 Å². The van der Waals surface area contributed by atoms with E-state index < -0.39 is 0 Å². The summed E-state index contributed by atoms with van der Waals surface area (Å²) in [5.41, 5.74) is 1.45. The van der Waals surface area contributed by atoms with Crippen molar-refractivity contribution in [3.8, 4) is 0 Å². The average Bonchev–Trinajstić information content (AvgIpc) is 2.46. The van der Waals surface area contributed by atoms with E-state index in [4.69, 9.17) is 0 Å². The van der Waals surface area contributed by atoms with E-state index in [2.05, 4.69) is 42.9 Å². The fraction of sp³-hybridized carbons (Fsp3) is 0.625. The molecule has 0 aromatic heterocycles. The zero-order chi connectivity index (χ0) is 12.8. The Hall–Kier alpha value is -0.470. The quantitative estimate of drug-likeness (QED) is 0.777. The van der Waals surface area contributed by atoms with Crippen molar-refractivity contribution in [2.45, 2.75) is 49.5 Å². The number of benzene rings is 1. The molecule has 1 aliphatic carbocycles. The molecule has 2 rings (SSSR count). The lowest BCUT2D eigenvalue weighted by atomic mass is 9.83. The van der Waals surface area contributed by atoms with Gasteiger partial charge in [0.25, 0.3) is 0 Å². The number of rotatable bonds is 5. The van der Waals surface area contributed by atoms with Crippen LogP contribution >= 0.6 is 11.8 Å². The molecule has 18 heavy (non-hydrogen) atoms. The van der Waals surface area contributed by atoms with E-state index in [9.17, 15) is 0 Å². The van der Waals surface area contributed by atoms with Crippen LogP contribution in [0.1, 0.15) is 50.1 Å². The predicted molar refractivity (Wildman–Crippen MR) is 81.2 cm³/mol. The number of thioether (sulfide) groups is 1. The second-order valence-electron chi connectivity index (χ2n) is 5.35. The van der Waals surface area contributed by atoms with Crippen molar-refractivity contribution in [3.05, 3.63) is 29.8 Å². The van der Waals surface area contributed by atoms with E-state index in [1.165, 1.54) is 49.0 Å². The topological polar surface area (TPSA) is 12.0 Å². The molecule has 2 heteroatoms. The van der Waals surface area contributed by atoms with Crippen molar-refractivity contribution in [2.24, 2.45) is 5.92 Å². The van der Waals surface area contributed by atoms with Gasteiger partial charge in [0.1, 0.15) is 0 Å². The Morgan fingerprint density at radius 2 is 1.83 bits per heavy atom. The van der Waals surface area contributed by atoms with E-state index in [1.807, 2.05) is 11.8 Å². The maximum atomic E-state index is 3.50. The van der Waals surface area contributed by atoms with Gasteiger partial charge in [0, 0.05) is 10.9 Å². The number of hydrogen-bond acceptors (Lipinski definition) is 2. The maximum absolute atomic E-state index is 3.50. The number of nitrogens with one attached hydrogen (secondary N) is 1. The molecule has 1 nitrogen and oxygen atoms in total. The summed E-state index contributed by atoms with van der Waals surface area (Å²) in [6.07, 6.45) is 10.6. The molecule has 1 atom stereocenters. The number of hydrogen-bond donors (Lipinski definition) is 1. The van der Waals surface area contributed by atoms with Crippen molar-refractivity contribution in [1.29, 1.82) is 0 Å². The van der Waals surface area contributed by atoms with E-state index in [0.29, 0.717) is 6.04 Å². The summed E-state index contributed by atoms with van der Waals surface area (Å²) >= 11 is 1.81. The van der Waals surface area contributed by atoms with Gasteiger partial charge in [0.05, 0.1) is 0 Å². The predicted octanol–water partition coefficient (Wildman–Crippen LogP) is 4.64. The van der Waals surface area contributed by atoms with Gasteiger partial charge in [-0.15, -0.1) is 11.8 Å². The third kappa shape index (κ3) is 3.76. The molecule has 1 unspecified atom stereocenters. The largest absolute Gasteiger partial charge is 0.313 e. The van der Waals surface area contributed by atoms with Gasteiger partial charge < -0.3 is 5.32 Å². The molecule has 1 fully saturated rings. The van der Waals surface area contributed by atoms with Crippen LogP contribution in [-0.4, -0.2) is 13.3 Å². The zero-order valence-electron chi connectivity index (χ0n) is 11.6. The summed E-state index contributed by atoms with van der Waals surface area (Å²) in [6.45, 7) is 0. The van der Waals surface area contributed by atoms with Crippen LogP contribution in [-0.2, 0) is 0 Å². The minimum atomic E-state index is 0.531. The van der Waals surface area contributed by atoms with Crippen molar-refractivity contribution < 1.29 is 0 Å². The van der Waals surface area contributed by atoms with Crippen molar-refractivity contribution in [3.63, 3.8) is 0 Å². The Morgan fingerprint density at radius 3 is 2.39 bits per heavy atom. The Kier molecular flexibility index (Phi) is 5.58. The molecule has 0 bridgehead atoms. The van der Waals surface area contributed by atoms with Gasteiger partial charge in [-0.1, -0.05) is 44.2 Å². The van der Waals surface area contributed by atoms with Crippen molar-refractivity contribution in [2.75, 3.05) is 13.3 Å². The minimum absolute atomic E-state index is 0.531. The average molecular weight is 263 g/mol. The van der Waals surface area contributed by atoms with Crippen LogP contribution in [0.15, 0.2) is 29.2 Å². The Balaban J connectivity index is 1.97. The standard InChI is InChI=1S/C16H25NS/c1-17-16(12-13-6-4-3-5-7-13)14-8-10-15(18-2)11-9-14/h8-11,13,16-17H,3-7,12H2,1-2H3. The van der Waals surface area contributed by atoms with Gasteiger partial charge >= 0.3 is 0 Å². The highest BCUT2D eigenvalue weighted by molar-refractivity contribution is 7.98. The summed E-state index contributed by atoms with van der Waals surface area (Å²) in [4.78, 5) is 1.35. The molecule has 1 saturated carbocycles. The Morgan fingerprint density at radius 1 is 1.17 bits per heavy atom. The molecule has 1 aromatic rings. The van der Waals surface area contributed by atoms with Gasteiger partial charge in [0.2, 0.25) is 0 Å².